The molecule has 5 rings (SSSR count). The summed E-state index contributed by atoms with van der Waals surface area (Å²) < 4.78 is 0. The summed E-state index contributed by atoms with van der Waals surface area (Å²) in [5.74, 6) is 0.947. The molecule has 6 heteroatoms. The molecule has 3 heterocycles. The van der Waals surface area contributed by atoms with Crippen LogP contribution in [0.25, 0.3) is 11.1 Å². The molecule has 0 spiro atoms. The molecule has 2 aliphatic rings. The van der Waals surface area contributed by atoms with Gasteiger partial charge in [-0.2, -0.15) is 0 Å². The van der Waals surface area contributed by atoms with Crippen LogP contribution in [0.15, 0.2) is 60.9 Å². The first kappa shape index (κ1) is 19.7. The predicted molar refractivity (Wildman–Crippen MR) is 120 cm³/mol. The monoisotopic (exact) mass is 414 g/mol. The average Bonchev–Trinajstić information content (AvgIpc) is 2.84. The van der Waals surface area contributed by atoms with Crippen molar-refractivity contribution in [2.75, 3.05) is 24.5 Å². The van der Waals surface area contributed by atoms with Gasteiger partial charge < -0.3 is 14.9 Å². The van der Waals surface area contributed by atoms with Crippen molar-refractivity contribution in [3.05, 3.63) is 77.7 Å². The van der Waals surface area contributed by atoms with Crippen LogP contribution in [-0.2, 0) is 13.0 Å². The van der Waals surface area contributed by atoms with Gasteiger partial charge in [0.1, 0.15) is 12.1 Å². The van der Waals surface area contributed by atoms with E-state index in [0.29, 0.717) is 18.7 Å². The molecule has 158 valence electrons. The lowest BCUT2D eigenvalue weighted by molar-refractivity contribution is 0.0733. The number of aliphatic hydroxyl groups excluding tert-OH is 1. The number of carbonyl (C=O) groups excluding carboxylic acids is 1. The molecule has 1 N–H and O–H groups in total. The van der Waals surface area contributed by atoms with Crippen LogP contribution in [0.2, 0.25) is 0 Å². The Morgan fingerprint density at radius 2 is 1.61 bits per heavy atom. The summed E-state index contributed by atoms with van der Waals surface area (Å²) in [5, 5.41) is 9.83. The molecule has 0 saturated carbocycles. The quantitative estimate of drug-likeness (QED) is 0.712. The Balaban J connectivity index is 1.35. The highest BCUT2D eigenvalue weighted by Crippen LogP contribution is 2.29. The minimum absolute atomic E-state index is 0.0362. The lowest BCUT2D eigenvalue weighted by atomic mass is 10.0. The van der Waals surface area contributed by atoms with Gasteiger partial charge >= 0.3 is 0 Å². The van der Waals surface area contributed by atoms with Gasteiger partial charge in [-0.05, 0) is 36.1 Å². The van der Waals surface area contributed by atoms with Crippen molar-refractivity contribution in [3.63, 3.8) is 0 Å². The van der Waals surface area contributed by atoms with Crippen LogP contribution < -0.4 is 4.90 Å². The SMILES string of the molecule is O=C(c1ccc(-c2ccccc2)cc1)N1CCc2ncnc(N3CCC(O)CC3)c2C1. The molecule has 0 atom stereocenters. The van der Waals surface area contributed by atoms with E-state index in [9.17, 15) is 9.90 Å². The molecule has 0 aliphatic carbocycles. The number of aliphatic hydroxyl groups is 1. The Hall–Kier alpha value is -3.25. The number of amides is 1. The van der Waals surface area contributed by atoms with E-state index < -0.39 is 0 Å². The number of rotatable bonds is 3. The van der Waals surface area contributed by atoms with Crippen LogP contribution in [-0.4, -0.2) is 51.6 Å². The van der Waals surface area contributed by atoms with Gasteiger partial charge in [-0.3, -0.25) is 4.79 Å². The standard InChI is InChI=1S/C25H26N4O2/c30-21-10-13-28(14-11-21)24-22-16-29(15-12-23(22)26-17-27-24)25(31)20-8-6-19(7-9-20)18-4-2-1-3-5-18/h1-9,17,21,30H,10-16H2. The molecule has 0 unspecified atom stereocenters. The highest BCUT2D eigenvalue weighted by Gasteiger charge is 2.28. The molecule has 31 heavy (non-hydrogen) atoms. The molecule has 0 bridgehead atoms. The van der Waals surface area contributed by atoms with Crippen LogP contribution in [0.3, 0.4) is 0 Å². The van der Waals surface area contributed by atoms with Gasteiger partial charge in [0.25, 0.3) is 5.91 Å². The van der Waals surface area contributed by atoms with Gasteiger partial charge in [-0.1, -0.05) is 42.5 Å². The first-order chi connectivity index (χ1) is 15.2. The predicted octanol–water partition coefficient (Wildman–Crippen LogP) is 3.30. The smallest absolute Gasteiger partial charge is 0.254 e. The molecule has 2 aliphatic heterocycles. The fourth-order valence-electron chi connectivity index (χ4n) is 4.47. The molecule has 1 fully saturated rings. The largest absolute Gasteiger partial charge is 0.393 e. The summed E-state index contributed by atoms with van der Waals surface area (Å²) >= 11 is 0. The van der Waals surface area contributed by atoms with E-state index in [-0.39, 0.29) is 12.0 Å². The maximum absolute atomic E-state index is 13.2. The van der Waals surface area contributed by atoms with Gasteiger partial charge in [-0.25, -0.2) is 9.97 Å². The van der Waals surface area contributed by atoms with Gasteiger partial charge in [0.05, 0.1) is 18.3 Å². The highest BCUT2D eigenvalue weighted by molar-refractivity contribution is 5.95. The van der Waals surface area contributed by atoms with Crippen molar-refractivity contribution in [2.24, 2.45) is 0 Å². The Labute approximate surface area is 182 Å². The third-order valence-electron chi connectivity index (χ3n) is 6.27. The van der Waals surface area contributed by atoms with Crippen molar-refractivity contribution >= 4 is 11.7 Å². The van der Waals surface area contributed by atoms with Crippen molar-refractivity contribution < 1.29 is 9.90 Å². The Bertz CT molecular complexity index is 1060. The van der Waals surface area contributed by atoms with Crippen LogP contribution in [0.1, 0.15) is 34.5 Å². The summed E-state index contributed by atoms with van der Waals surface area (Å²) in [6.07, 6.45) is 3.62. The average molecular weight is 415 g/mol. The first-order valence-electron chi connectivity index (χ1n) is 10.9. The number of hydrogen-bond acceptors (Lipinski definition) is 5. The van der Waals surface area contributed by atoms with Crippen LogP contribution >= 0.6 is 0 Å². The number of fused-ring (bicyclic) bond motifs is 1. The zero-order valence-electron chi connectivity index (χ0n) is 17.4. The molecule has 2 aromatic carbocycles. The zero-order valence-corrected chi connectivity index (χ0v) is 17.4. The lowest BCUT2D eigenvalue weighted by Gasteiger charge is -2.35. The Kier molecular flexibility index (Phi) is 5.38. The van der Waals surface area contributed by atoms with E-state index in [4.69, 9.17) is 0 Å². The van der Waals surface area contributed by atoms with Crippen LogP contribution in [0.4, 0.5) is 5.82 Å². The minimum Gasteiger partial charge on any atom is -0.393 e. The minimum atomic E-state index is -0.231. The fraction of sp³-hybridized carbons (Fsp3) is 0.320. The zero-order chi connectivity index (χ0) is 21.2. The maximum atomic E-state index is 13.2. The molecule has 1 aromatic heterocycles. The molecule has 1 saturated heterocycles. The number of nitrogens with zero attached hydrogens (tertiary/aromatic N) is 4. The second kappa shape index (κ2) is 8.47. The summed E-state index contributed by atoms with van der Waals surface area (Å²) in [6, 6.07) is 18.0. The maximum Gasteiger partial charge on any atom is 0.254 e. The highest BCUT2D eigenvalue weighted by atomic mass is 16.3. The third kappa shape index (κ3) is 4.03. The number of carbonyl (C=O) groups is 1. The van der Waals surface area contributed by atoms with Crippen molar-refractivity contribution in [1.82, 2.24) is 14.9 Å². The first-order valence-corrected chi connectivity index (χ1v) is 10.9. The summed E-state index contributed by atoms with van der Waals surface area (Å²) in [6.45, 7) is 2.73. The lowest BCUT2D eigenvalue weighted by Crippen LogP contribution is -2.40. The molecular weight excluding hydrogens is 388 g/mol. The second-order valence-electron chi connectivity index (χ2n) is 8.26. The summed E-state index contributed by atoms with van der Waals surface area (Å²) in [5.41, 5.74) is 5.01. The van der Waals surface area contributed by atoms with E-state index >= 15 is 0 Å². The number of anilines is 1. The molecule has 1 amide bonds. The third-order valence-corrected chi connectivity index (χ3v) is 6.27. The van der Waals surface area contributed by atoms with E-state index in [0.717, 1.165) is 60.6 Å². The van der Waals surface area contributed by atoms with Gasteiger partial charge in [-0.15, -0.1) is 0 Å². The molecular formula is C25H26N4O2. The van der Waals surface area contributed by atoms with Crippen molar-refractivity contribution in [3.8, 4) is 11.1 Å². The van der Waals surface area contributed by atoms with E-state index in [1.54, 1.807) is 6.33 Å². The summed E-state index contributed by atoms with van der Waals surface area (Å²) in [7, 11) is 0. The number of aromatic nitrogens is 2. The Morgan fingerprint density at radius 3 is 2.35 bits per heavy atom. The van der Waals surface area contributed by atoms with Crippen molar-refractivity contribution in [2.45, 2.75) is 31.9 Å². The number of benzene rings is 2. The van der Waals surface area contributed by atoms with Gasteiger partial charge in [0, 0.05) is 37.2 Å². The number of piperidine rings is 1. The summed E-state index contributed by atoms with van der Waals surface area (Å²) in [4.78, 5) is 26.4. The van der Waals surface area contributed by atoms with Crippen LogP contribution in [0, 0.1) is 0 Å². The number of hydrogen-bond donors (Lipinski definition) is 1. The Morgan fingerprint density at radius 1 is 0.903 bits per heavy atom. The molecule has 6 nitrogen and oxygen atoms in total. The van der Waals surface area contributed by atoms with Gasteiger partial charge in [0.15, 0.2) is 0 Å². The van der Waals surface area contributed by atoms with Crippen molar-refractivity contribution in [1.29, 1.82) is 0 Å². The van der Waals surface area contributed by atoms with Gasteiger partial charge in [0.2, 0.25) is 0 Å². The second-order valence-corrected chi connectivity index (χ2v) is 8.26. The van der Waals surface area contributed by atoms with Crippen LogP contribution in [0.5, 0.6) is 0 Å². The topological polar surface area (TPSA) is 69.6 Å². The normalized spacial score (nSPS) is 16.8. The van der Waals surface area contributed by atoms with E-state index in [1.807, 2.05) is 47.4 Å². The molecule has 0 radical (unpaired) electrons. The van der Waals surface area contributed by atoms with E-state index in [2.05, 4.69) is 27.0 Å². The van der Waals surface area contributed by atoms with E-state index in [1.165, 1.54) is 0 Å². The molecule has 3 aromatic rings. The fourth-order valence-corrected chi connectivity index (χ4v) is 4.47.